The van der Waals surface area contributed by atoms with E-state index in [1.165, 1.54) is 0 Å². The highest BCUT2D eigenvalue weighted by atomic mass is 79.9. The van der Waals surface area contributed by atoms with Crippen molar-refractivity contribution < 1.29 is 9.53 Å². The summed E-state index contributed by atoms with van der Waals surface area (Å²) in [7, 11) is 0. The average molecular weight is 272 g/mol. The largest absolute Gasteiger partial charge is 0.462 e. The Morgan fingerprint density at radius 1 is 1.53 bits per heavy atom. The Morgan fingerprint density at radius 2 is 2.27 bits per heavy atom. The SMILES string of the molecule is CCCCOC(=O)c1cccc(Br)c1N. The van der Waals surface area contributed by atoms with Crippen LogP contribution in [0.4, 0.5) is 5.69 Å². The van der Waals surface area contributed by atoms with Crippen LogP contribution in [-0.2, 0) is 4.74 Å². The fraction of sp³-hybridized carbons (Fsp3) is 0.364. The fourth-order valence-electron chi connectivity index (χ4n) is 1.10. The Morgan fingerprint density at radius 3 is 2.93 bits per heavy atom. The van der Waals surface area contributed by atoms with Crippen molar-refractivity contribution in [2.24, 2.45) is 0 Å². The predicted molar refractivity (Wildman–Crippen MR) is 63.7 cm³/mol. The zero-order valence-corrected chi connectivity index (χ0v) is 10.2. The molecule has 2 N–H and O–H groups in total. The van der Waals surface area contributed by atoms with Gasteiger partial charge in [0.25, 0.3) is 0 Å². The number of para-hydroxylation sites is 1. The molecule has 15 heavy (non-hydrogen) atoms. The van der Waals surface area contributed by atoms with Crippen LogP contribution in [0.15, 0.2) is 22.7 Å². The molecule has 0 atom stereocenters. The Kier molecular flexibility index (Phi) is 4.62. The first-order valence-electron chi connectivity index (χ1n) is 4.88. The lowest BCUT2D eigenvalue weighted by atomic mass is 10.2. The lowest BCUT2D eigenvalue weighted by Gasteiger charge is -2.07. The van der Waals surface area contributed by atoms with Gasteiger partial charge in [0.1, 0.15) is 0 Å². The van der Waals surface area contributed by atoms with Gasteiger partial charge >= 0.3 is 5.97 Å². The Labute approximate surface area is 97.7 Å². The van der Waals surface area contributed by atoms with Crippen LogP contribution in [0.1, 0.15) is 30.1 Å². The average Bonchev–Trinajstić information content (AvgIpc) is 2.22. The van der Waals surface area contributed by atoms with Crippen LogP contribution in [0.25, 0.3) is 0 Å². The molecule has 0 amide bonds. The van der Waals surface area contributed by atoms with E-state index in [-0.39, 0.29) is 5.97 Å². The fourth-order valence-corrected chi connectivity index (χ4v) is 1.47. The van der Waals surface area contributed by atoms with Crippen LogP contribution in [0, 0.1) is 0 Å². The highest BCUT2D eigenvalue weighted by Gasteiger charge is 2.12. The molecule has 1 aromatic rings. The molecule has 0 radical (unpaired) electrons. The molecule has 0 saturated heterocycles. The number of ether oxygens (including phenoxy) is 1. The van der Waals surface area contributed by atoms with Crippen LogP contribution in [0.5, 0.6) is 0 Å². The molecule has 3 nitrogen and oxygen atoms in total. The second kappa shape index (κ2) is 5.75. The van der Waals surface area contributed by atoms with Crippen LogP contribution in [-0.4, -0.2) is 12.6 Å². The minimum atomic E-state index is -0.359. The number of anilines is 1. The van der Waals surface area contributed by atoms with Crippen LogP contribution in [0.3, 0.4) is 0 Å². The molecule has 1 aromatic carbocycles. The van der Waals surface area contributed by atoms with Gasteiger partial charge in [0.15, 0.2) is 0 Å². The molecule has 0 spiro atoms. The highest BCUT2D eigenvalue weighted by Crippen LogP contribution is 2.23. The lowest BCUT2D eigenvalue weighted by molar-refractivity contribution is 0.0501. The van der Waals surface area contributed by atoms with Gasteiger partial charge < -0.3 is 10.5 Å². The van der Waals surface area contributed by atoms with E-state index >= 15 is 0 Å². The number of hydrogen-bond donors (Lipinski definition) is 1. The second-order valence-corrected chi connectivity index (χ2v) is 4.04. The van der Waals surface area contributed by atoms with Crippen LogP contribution >= 0.6 is 15.9 Å². The number of benzene rings is 1. The third-order valence-corrected chi connectivity index (χ3v) is 2.70. The molecule has 0 heterocycles. The number of carbonyl (C=O) groups is 1. The number of unbranched alkanes of at least 4 members (excludes halogenated alkanes) is 1. The molecule has 0 unspecified atom stereocenters. The van der Waals surface area contributed by atoms with Crippen LogP contribution in [0.2, 0.25) is 0 Å². The van der Waals surface area contributed by atoms with Crippen molar-refractivity contribution in [3.8, 4) is 0 Å². The first-order valence-corrected chi connectivity index (χ1v) is 5.67. The number of nitrogen functional groups attached to an aromatic ring is 1. The van der Waals surface area contributed by atoms with Gasteiger partial charge in [-0.15, -0.1) is 0 Å². The van der Waals surface area contributed by atoms with Gasteiger partial charge in [-0.2, -0.15) is 0 Å². The maximum Gasteiger partial charge on any atom is 0.340 e. The Balaban J connectivity index is 2.69. The predicted octanol–water partition coefficient (Wildman–Crippen LogP) is 2.99. The smallest absolute Gasteiger partial charge is 0.340 e. The van der Waals surface area contributed by atoms with E-state index in [2.05, 4.69) is 15.9 Å². The molecule has 0 aliphatic carbocycles. The highest BCUT2D eigenvalue weighted by molar-refractivity contribution is 9.10. The summed E-state index contributed by atoms with van der Waals surface area (Å²) >= 11 is 3.26. The van der Waals surface area contributed by atoms with E-state index in [1.54, 1.807) is 18.2 Å². The molecular weight excluding hydrogens is 258 g/mol. The number of nitrogens with two attached hydrogens (primary N) is 1. The maximum absolute atomic E-state index is 11.6. The van der Waals surface area contributed by atoms with E-state index in [4.69, 9.17) is 10.5 Å². The summed E-state index contributed by atoms with van der Waals surface area (Å²) in [5, 5.41) is 0. The summed E-state index contributed by atoms with van der Waals surface area (Å²) in [6, 6.07) is 5.21. The number of rotatable bonds is 4. The van der Waals surface area contributed by atoms with Gasteiger partial charge in [0, 0.05) is 4.47 Å². The van der Waals surface area contributed by atoms with Crippen LogP contribution < -0.4 is 5.73 Å². The maximum atomic E-state index is 11.6. The Bertz CT molecular complexity index is 352. The number of hydrogen-bond acceptors (Lipinski definition) is 3. The third-order valence-electron chi connectivity index (χ3n) is 2.00. The quantitative estimate of drug-likeness (QED) is 0.520. The molecular formula is C11H14BrNO2. The minimum absolute atomic E-state index is 0.359. The van der Waals surface area contributed by atoms with Crippen molar-refractivity contribution in [1.29, 1.82) is 0 Å². The van der Waals surface area contributed by atoms with Gasteiger partial charge in [-0.05, 0) is 34.5 Å². The number of carbonyl (C=O) groups excluding carboxylic acids is 1. The van der Waals surface area contributed by atoms with Gasteiger partial charge in [-0.3, -0.25) is 0 Å². The number of esters is 1. The van der Waals surface area contributed by atoms with Gasteiger partial charge in [-0.25, -0.2) is 4.79 Å². The topological polar surface area (TPSA) is 52.3 Å². The second-order valence-electron chi connectivity index (χ2n) is 3.19. The summed E-state index contributed by atoms with van der Waals surface area (Å²) in [4.78, 5) is 11.6. The molecule has 82 valence electrons. The van der Waals surface area contributed by atoms with Crippen molar-refractivity contribution in [2.75, 3.05) is 12.3 Å². The molecule has 0 aliphatic heterocycles. The zero-order valence-electron chi connectivity index (χ0n) is 8.63. The number of halogens is 1. The summed E-state index contributed by atoms with van der Waals surface area (Å²) < 4.78 is 5.78. The van der Waals surface area contributed by atoms with Crippen molar-refractivity contribution in [1.82, 2.24) is 0 Å². The van der Waals surface area contributed by atoms with Crippen molar-refractivity contribution in [2.45, 2.75) is 19.8 Å². The molecule has 0 saturated carbocycles. The van der Waals surface area contributed by atoms with Gasteiger partial charge in [0.05, 0.1) is 17.9 Å². The van der Waals surface area contributed by atoms with E-state index in [0.29, 0.717) is 22.3 Å². The zero-order chi connectivity index (χ0) is 11.3. The Hall–Kier alpha value is -1.03. The third kappa shape index (κ3) is 3.23. The lowest BCUT2D eigenvalue weighted by Crippen LogP contribution is -2.09. The molecule has 4 heteroatoms. The van der Waals surface area contributed by atoms with E-state index in [0.717, 1.165) is 12.8 Å². The minimum Gasteiger partial charge on any atom is -0.462 e. The summed E-state index contributed by atoms with van der Waals surface area (Å²) in [5.41, 5.74) is 6.59. The standard InChI is InChI=1S/C11H14BrNO2/c1-2-3-7-15-11(14)8-5-4-6-9(12)10(8)13/h4-6H,2-3,7,13H2,1H3. The molecule has 1 rings (SSSR count). The van der Waals surface area contributed by atoms with Crippen molar-refractivity contribution in [3.63, 3.8) is 0 Å². The molecule has 0 bridgehead atoms. The van der Waals surface area contributed by atoms with Gasteiger partial charge in [-0.1, -0.05) is 19.4 Å². The van der Waals surface area contributed by atoms with Gasteiger partial charge in [0.2, 0.25) is 0 Å². The summed E-state index contributed by atoms with van der Waals surface area (Å²) in [6.45, 7) is 2.49. The van der Waals surface area contributed by atoms with E-state index in [9.17, 15) is 4.79 Å². The summed E-state index contributed by atoms with van der Waals surface area (Å²) in [5.74, 6) is -0.359. The molecule has 0 aliphatic rings. The van der Waals surface area contributed by atoms with Crippen molar-refractivity contribution >= 4 is 27.6 Å². The molecule has 0 fully saturated rings. The van der Waals surface area contributed by atoms with E-state index in [1.807, 2.05) is 6.92 Å². The monoisotopic (exact) mass is 271 g/mol. The normalized spacial score (nSPS) is 10.0. The summed E-state index contributed by atoms with van der Waals surface area (Å²) in [6.07, 6.45) is 1.88. The molecule has 0 aromatic heterocycles. The first-order chi connectivity index (χ1) is 7.16. The van der Waals surface area contributed by atoms with E-state index < -0.39 is 0 Å². The first kappa shape index (κ1) is 12.0. The van der Waals surface area contributed by atoms with Crippen molar-refractivity contribution in [3.05, 3.63) is 28.2 Å².